The van der Waals surface area contributed by atoms with Gasteiger partial charge in [-0.25, -0.2) is 4.98 Å². The smallest absolute Gasteiger partial charge is 0.253 e. The third-order valence-electron chi connectivity index (χ3n) is 6.88. The van der Waals surface area contributed by atoms with Crippen molar-refractivity contribution in [2.45, 2.75) is 51.2 Å². The topological polar surface area (TPSA) is 69.5 Å². The van der Waals surface area contributed by atoms with Gasteiger partial charge in [0.15, 0.2) is 0 Å². The Hall–Kier alpha value is -3.19. The van der Waals surface area contributed by atoms with Crippen molar-refractivity contribution < 1.29 is 14.3 Å². The highest BCUT2D eigenvalue weighted by Crippen LogP contribution is 2.36. The van der Waals surface area contributed by atoms with Crippen LogP contribution in [0.25, 0.3) is 5.69 Å². The summed E-state index contributed by atoms with van der Waals surface area (Å²) < 4.78 is 14.5. The van der Waals surface area contributed by atoms with Crippen LogP contribution in [-0.2, 0) is 4.74 Å². The third kappa shape index (κ3) is 4.50. The molecular weight excluding hydrogens is 416 g/mol. The fourth-order valence-corrected chi connectivity index (χ4v) is 5.08. The lowest BCUT2D eigenvalue weighted by Crippen LogP contribution is -2.52. The molecule has 0 radical (unpaired) electrons. The van der Waals surface area contributed by atoms with Gasteiger partial charge in [0.25, 0.3) is 5.91 Å². The Balaban J connectivity index is 1.20. The summed E-state index contributed by atoms with van der Waals surface area (Å²) in [4.78, 5) is 23.4. The highest BCUT2D eigenvalue weighted by molar-refractivity contribution is 5.94. The first kappa shape index (κ1) is 21.6. The summed E-state index contributed by atoms with van der Waals surface area (Å²) in [5.41, 5.74) is 3.94. The average molecular weight is 447 g/mol. The molecule has 1 unspecified atom stereocenters. The van der Waals surface area contributed by atoms with E-state index in [1.165, 1.54) is 11.4 Å². The second-order valence-electron chi connectivity index (χ2n) is 9.10. The minimum atomic E-state index is -0.227. The van der Waals surface area contributed by atoms with E-state index in [2.05, 4.69) is 40.5 Å². The third-order valence-corrected chi connectivity index (χ3v) is 6.88. The second kappa shape index (κ2) is 8.98. The quantitative estimate of drug-likeness (QED) is 0.603. The number of carbonyl (C=O) groups excluding carboxylic acids is 1. The molecule has 7 heteroatoms. The van der Waals surface area contributed by atoms with Gasteiger partial charge in [-0.3, -0.25) is 9.78 Å². The van der Waals surface area contributed by atoms with Gasteiger partial charge in [0.05, 0.1) is 18.4 Å². The van der Waals surface area contributed by atoms with Gasteiger partial charge in [0, 0.05) is 61.0 Å². The van der Waals surface area contributed by atoms with E-state index >= 15 is 0 Å². The Morgan fingerprint density at radius 3 is 2.45 bits per heavy atom. The Morgan fingerprint density at radius 2 is 1.79 bits per heavy atom. The molecule has 3 aromatic rings. The number of piperidine rings is 1. The zero-order chi connectivity index (χ0) is 22.8. The van der Waals surface area contributed by atoms with Crippen molar-refractivity contribution >= 4 is 5.91 Å². The average Bonchev–Trinajstić information content (AvgIpc) is 3.18. The monoisotopic (exact) mass is 446 g/mol. The number of ether oxygens (including phenoxy) is 2. The highest BCUT2D eigenvalue weighted by atomic mass is 16.5. The van der Waals surface area contributed by atoms with Crippen molar-refractivity contribution in [2.75, 3.05) is 19.7 Å². The number of amides is 1. The molecule has 0 bridgehead atoms. The van der Waals surface area contributed by atoms with Gasteiger partial charge in [-0.1, -0.05) is 0 Å². The minimum absolute atomic E-state index is 0.0610. The second-order valence-corrected chi connectivity index (χ2v) is 9.10. The van der Waals surface area contributed by atoms with Gasteiger partial charge in [-0.15, -0.1) is 0 Å². The SMILES string of the molecule is Cc1ccc(C)n1-c1ccc(C(=O)N2CCC3(CC2)CC(Oc2cnccn2)CCO3)cc1. The number of hydrogen-bond donors (Lipinski definition) is 0. The van der Waals surface area contributed by atoms with Crippen LogP contribution in [-0.4, -0.2) is 56.7 Å². The van der Waals surface area contributed by atoms with Gasteiger partial charge in [-0.05, 0) is 63.1 Å². The molecule has 2 aliphatic heterocycles. The van der Waals surface area contributed by atoms with Crippen LogP contribution in [0.5, 0.6) is 5.88 Å². The molecule has 5 rings (SSSR count). The zero-order valence-electron chi connectivity index (χ0n) is 19.2. The lowest BCUT2D eigenvalue weighted by Gasteiger charge is -2.45. The van der Waals surface area contributed by atoms with Gasteiger partial charge in [0.1, 0.15) is 6.10 Å². The zero-order valence-corrected chi connectivity index (χ0v) is 19.2. The van der Waals surface area contributed by atoms with Crippen LogP contribution >= 0.6 is 0 Å². The molecule has 0 aliphatic carbocycles. The molecule has 1 spiro atoms. The van der Waals surface area contributed by atoms with E-state index in [1.807, 2.05) is 29.2 Å². The molecule has 1 amide bonds. The van der Waals surface area contributed by atoms with Crippen LogP contribution < -0.4 is 4.74 Å². The summed E-state index contributed by atoms with van der Waals surface area (Å²) >= 11 is 0. The van der Waals surface area contributed by atoms with Gasteiger partial charge in [0.2, 0.25) is 5.88 Å². The van der Waals surface area contributed by atoms with Crippen LogP contribution in [0.15, 0.2) is 55.0 Å². The Bertz CT molecular complexity index is 1080. The fourth-order valence-electron chi connectivity index (χ4n) is 5.08. The van der Waals surface area contributed by atoms with Crippen molar-refractivity contribution in [1.29, 1.82) is 0 Å². The summed E-state index contributed by atoms with van der Waals surface area (Å²) in [6, 6.07) is 12.1. The van der Waals surface area contributed by atoms with Gasteiger partial charge >= 0.3 is 0 Å². The molecule has 4 heterocycles. The molecule has 1 atom stereocenters. The Morgan fingerprint density at radius 1 is 1.06 bits per heavy atom. The molecule has 0 N–H and O–H groups in total. The van der Waals surface area contributed by atoms with Crippen molar-refractivity contribution in [1.82, 2.24) is 19.4 Å². The van der Waals surface area contributed by atoms with Crippen molar-refractivity contribution in [2.24, 2.45) is 0 Å². The molecule has 7 nitrogen and oxygen atoms in total. The van der Waals surface area contributed by atoms with E-state index in [9.17, 15) is 4.79 Å². The van der Waals surface area contributed by atoms with Crippen LogP contribution in [0.1, 0.15) is 47.4 Å². The maximum Gasteiger partial charge on any atom is 0.253 e. The highest BCUT2D eigenvalue weighted by Gasteiger charge is 2.42. The standard InChI is InChI=1S/C26H30N4O3/c1-19-3-4-20(2)30(19)22-7-5-21(6-8-22)25(31)29-14-10-26(11-15-29)17-23(9-16-32-26)33-24-18-27-12-13-28-24/h3-8,12-13,18,23H,9-11,14-17H2,1-2H3. The molecule has 33 heavy (non-hydrogen) atoms. The largest absolute Gasteiger partial charge is 0.473 e. The molecule has 2 aliphatic rings. The Kier molecular flexibility index (Phi) is 5.89. The number of hydrogen-bond acceptors (Lipinski definition) is 5. The first-order valence-corrected chi connectivity index (χ1v) is 11.6. The predicted molar refractivity (Wildman–Crippen MR) is 125 cm³/mol. The van der Waals surface area contributed by atoms with Gasteiger partial charge < -0.3 is 18.9 Å². The minimum Gasteiger partial charge on any atom is -0.473 e. The van der Waals surface area contributed by atoms with E-state index in [0.29, 0.717) is 25.6 Å². The van der Waals surface area contributed by atoms with E-state index in [0.717, 1.165) is 36.9 Å². The van der Waals surface area contributed by atoms with Crippen LogP contribution in [0, 0.1) is 13.8 Å². The van der Waals surface area contributed by atoms with Crippen molar-refractivity contribution in [3.8, 4) is 11.6 Å². The molecule has 0 saturated carbocycles. The molecule has 2 aromatic heterocycles. The van der Waals surface area contributed by atoms with Crippen LogP contribution in [0.2, 0.25) is 0 Å². The van der Waals surface area contributed by atoms with E-state index in [1.54, 1.807) is 18.6 Å². The number of carbonyl (C=O) groups is 1. The first-order valence-electron chi connectivity index (χ1n) is 11.6. The number of nitrogens with zero attached hydrogens (tertiary/aromatic N) is 4. The maximum absolute atomic E-state index is 13.1. The molecular formula is C26H30N4O3. The van der Waals surface area contributed by atoms with Crippen LogP contribution in [0.3, 0.4) is 0 Å². The van der Waals surface area contributed by atoms with Crippen molar-refractivity contribution in [3.05, 3.63) is 71.9 Å². The molecule has 172 valence electrons. The van der Waals surface area contributed by atoms with E-state index in [-0.39, 0.29) is 17.6 Å². The van der Waals surface area contributed by atoms with Gasteiger partial charge in [-0.2, -0.15) is 0 Å². The van der Waals surface area contributed by atoms with E-state index < -0.39 is 0 Å². The predicted octanol–water partition coefficient (Wildman–Crippen LogP) is 4.12. The number of likely N-dealkylation sites (tertiary alicyclic amines) is 1. The summed E-state index contributed by atoms with van der Waals surface area (Å²) in [5.74, 6) is 0.640. The lowest BCUT2D eigenvalue weighted by molar-refractivity contribution is -0.135. The Labute approximate surface area is 194 Å². The lowest BCUT2D eigenvalue weighted by atomic mass is 9.83. The number of rotatable bonds is 4. The molecule has 2 saturated heterocycles. The number of aryl methyl sites for hydroxylation is 2. The fraction of sp³-hybridized carbons (Fsp3) is 0.423. The first-order chi connectivity index (χ1) is 16.0. The summed E-state index contributed by atoms with van der Waals surface area (Å²) in [7, 11) is 0. The van der Waals surface area contributed by atoms with Crippen molar-refractivity contribution in [3.63, 3.8) is 0 Å². The number of benzene rings is 1. The van der Waals surface area contributed by atoms with Crippen LogP contribution in [0.4, 0.5) is 0 Å². The normalized spacial score (nSPS) is 20.1. The van der Waals surface area contributed by atoms with E-state index in [4.69, 9.17) is 9.47 Å². The maximum atomic E-state index is 13.1. The molecule has 1 aromatic carbocycles. The summed E-state index contributed by atoms with van der Waals surface area (Å²) in [5, 5.41) is 0. The summed E-state index contributed by atoms with van der Waals surface area (Å²) in [6.07, 6.45) is 8.28. The number of aromatic nitrogens is 3. The summed E-state index contributed by atoms with van der Waals surface area (Å²) in [6.45, 7) is 6.22. The molecule has 2 fully saturated rings.